The Hall–Kier alpha value is -1.45. The maximum atomic E-state index is 10.7. The summed E-state index contributed by atoms with van der Waals surface area (Å²) in [6, 6.07) is 7.14. The summed E-state index contributed by atoms with van der Waals surface area (Å²) >= 11 is 3.38. The first-order chi connectivity index (χ1) is 9.10. The average Bonchev–Trinajstić information content (AvgIpc) is 2.41. The van der Waals surface area contributed by atoms with Gasteiger partial charge in [0.2, 0.25) is 0 Å². The van der Waals surface area contributed by atoms with E-state index in [-0.39, 0.29) is 11.6 Å². The minimum Gasteiger partial charge on any atom is -0.298 e. The highest BCUT2D eigenvalue weighted by Crippen LogP contribution is 2.25. The smallest absolute Gasteiger partial charge is 0.270 e. The van der Waals surface area contributed by atoms with Crippen molar-refractivity contribution in [1.82, 2.24) is 4.90 Å². The second-order valence-corrected chi connectivity index (χ2v) is 5.59. The van der Waals surface area contributed by atoms with Gasteiger partial charge in [-0.3, -0.25) is 15.0 Å². The van der Waals surface area contributed by atoms with E-state index in [0.717, 1.165) is 42.5 Å². The lowest BCUT2D eigenvalue weighted by molar-refractivity contribution is -0.384. The zero-order chi connectivity index (χ0) is 13.8. The molecule has 1 aliphatic rings. The second-order valence-electron chi connectivity index (χ2n) is 4.74. The number of hydrogen-bond donors (Lipinski definition) is 0. The molecule has 1 fully saturated rings. The van der Waals surface area contributed by atoms with Gasteiger partial charge in [0.15, 0.2) is 0 Å². The predicted octanol–water partition coefficient (Wildman–Crippen LogP) is 3.09. The summed E-state index contributed by atoms with van der Waals surface area (Å²) in [7, 11) is 0. The molecular formula is C13H14BrN3O2. The molecule has 6 heteroatoms. The number of piperidine rings is 1. The second kappa shape index (κ2) is 6.13. The SMILES string of the molecule is N#CC1CCCN(Cc2ccc([N+](=O)[O-])cc2Br)C1. The molecular weight excluding hydrogens is 310 g/mol. The molecule has 1 heterocycles. The molecule has 0 aliphatic carbocycles. The van der Waals surface area contributed by atoms with Crippen LogP contribution in [0.15, 0.2) is 22.7 Å². The zero-order valence-corrected chi connectivity index (χ0v) is 12.0. The van der Waals surface area contributed by atoms with Gasteiger partial charge in [-0.05, 0) is 31.0 Å². The van der Waals surface area contributed by atoms with Crippen LogP contribution in [0.5, 0.6) is 0 Å². The first-order valence-electron chi connectivity index (χ1n) is 6.15. The van der Waals surface area contributed by atoms with Gasteiger partial charge in [-0.15, -0.1) is 0 Å². The highest BCUT2D eigenvalue weighted by Gasteiger charge is 2.20. The number of benzene rings is 1. The Kier molecular flexibility index (Phi) is 4.51. The number of rotatable bonds is 3. The highest BCUT2D eigenvalue weighted by atomic mass is 79.9. The van der Waals surface area contributed by atoms with Crippen LogP contribution in [0, 0.1) is 27.4 Å². The number of nitriles is 1. The van der Waals surface area contributed by atoms with Crippen LogP contribution in [0.25, 0.3) is 0 Å². The van der Waals surface area contributed by atoms with Crippen molar-refractivity contribution >= 4 is 21.6 Å². The van der Waals surface area contributed by atoms with E-state index in [1.807, 2.05) is 0 Å². The van der Waals surface area contributed by atoms with E-state index in [2.05, 4.69) is 26.9 Å². The van der Waals surface area contributed by atoms with E-state index in [9.17, 15) is 10.1 Å². The standard InChI is InChI=1S/C13H14BrN3O2/c14-13-6-12(17(18)19)4-3-11(13)9-16-5-1-2-10(7-15)8-16/h3-4,6,10H,1-2,5,8-9H2. The lowest BCUT2D eigenvalue weighted by Crippen LogP contribution is -2.34. The molecule has 0 spiro atoms. The molecule has 0 aromatic heterocycles. The quantitative estimate of drug-likeness (QED) is 0.633. The van der Waals surface area contributed by atoms with Crippen LogP contribution in [0.1, 0.15) is 18.4 Å². The molecule has 0 N–H and O–H groups in total. The van der Waals surface area contributed by atoms with Crippen molar-refractivity contribution in [3.05, 3.63) is 38.3 Å². The van der Waals surface area contributed by atoms with E-state index in [1.54, 1.807) is 6.07 Å². The summed E-state index contributed by atoms with van der Waals surface area (Å²) in [6.07, 6.45) is 2.00. The van der Waals surface area contributed by atoms with Gasteiger partial charge in [0.05, 0.1) is 16.9 Å². The predicted molar refractivity (Wildman–Crippen MR) is 74.4 cm³/mol. The first-order valence-corrected chi connectivity index (χ1v) is 6.94. The Morgan fingerprint density at radius 1 is 1.58 bits per heavy atom. The van der Waals surface area contributed by atoms with E-state index >= 15 is 0 Å². The van der Waals surface area contributed by atoms with Gasteiger partial charge in [0.1, 0.15) is 0 Å². The summed E-state index contributed by atoms with van der Waals surface area (Å²) in [5.74, 6) is 0.102. The summed E-state index contributed by atoms with van der Waals surface area (Å²) in [6.45, 7) is 2.47. The van der Waals surface area contributed by atoms with Gasteiger partial charge in [0, 0.05) is 29.7 Å². The first kappa shape index (κ1) is 14.0. The number of nitro benzene ring substituents is 1. The van der Waals surface area contributed by atoms with Crippen molar-refractivity contribution in [2.45, 2.75) is 19.4 Å². The Morgan fingerprint density at radius 3 is 3.00 bits per heavy atom. The zero-order valence-electron chi connectivity index (χ0n) is 10.4. The fourth-order valence-corrected chi connectivity index (χ4v) is 2.82. The van der Waals surface area contributed by atoms with E-state index in [4.69, 9.17) is 5.26 Å². The normalized spacial score (nSPS) is 19.9. The Bertz CT molecular complexity index is 527. The maximum absolute atomic E-state index is 10.7. The summed E-state index contributed by atoms with van der Waals surface area (Å²) in [5.41, 5.74) is 1.10. The van der Waals surface area contributed by atoms with E-state index in [0.29, 0.717) is 0 Å². The Labute approximate surface area is 120 Å². The van der Waals surface area contributed by atoms with Crippen LogP contribution >= 0.6 is 15.9 Å². The molecule has 1 unspecified atom stereocenters. The number of likely N-dealkylation sites (tertiary alicyclic amines) is 1. The molecule has 0 amide bonds. The van der Waals surface area contributed by atoms with Crippen LogP contribution in [0.4, 0.5) is 5.69 Å². The Morgan fingerprint density at radius 2 is 2.37 bits per heavy atom. The van der Waals surface area contributed by atoms with Crippen LogP contribution in [-0.2, 0) is 6.54 Å². The molecule has 1 aromatic carbocycles. The number of nitro groups is 1. The molecule has 1 aliphatic heterocycles. The highest BCUT2D eigenvalue weighted by molar-refractivity contribution is 9.10. The monoisotopic (exact) mass is 323 g/mol. The lowest BCUT2D eigenvalue weighted by Gasteiger charge is -2.29. The van der Waals surface area contributed by atoms with Gasteiger partial charge < -0.3 is 0 Å². The van der Waals surface area contributed by atoms with Crippen LogP contribution in [0.3, 0.4) is 0 Å². The van der Waals surface area contributed by atoms with Crippen molar-refractivity contribution in [3.63, 3.8) is 0 Å². The van der Waals surface area contributed by atoms with Crippen molar-refractivity contribution < 1.29 is 4.92 Å². The summed E-state index contributed by atoms with van der Waals surface area (Å²) in [5, 5.41) is 19.6. The summed E-state index contributed by atoms with van der Waals surface area (Å²) < 4.78 is 0.751. The van der Waals surface area contributed by atoms with Gasteiger partial charge in [0.25, 0.3) is 5.69 Å². The van der Waals surface area contributed by atoms with Crippen molar-refractivity contribution in [2.75, 3.05) is 13.1 Å². The minimum atomic E-state index is -0.402. The molecule has 19 heavy (non-hydrogen) atoms. The third-order valence-corrected chi connectivity index (χ3v) is 4.07. The van der Waals surface area contributed by atoms with Gasteiger partial charge in [-0.25, -0.2) is 0 Å². The van der Waals surface area contributed by atoms with Crippen LogP contribution < -0.4 is 0 Å². The fourth-order valence-electron chi connectivity index (χ4n) is 2.32. The van der Waals surface area contributed by atoms with Crippen LogP contribution in [-0.4, -0.2) is 22.9 Å². The number of halogens is 1. The summed E-state index contributed by atoms with van der Waals surface area (Å²) in [4.78, 5) is 12.5. The molecule has 100 valence electrons. The lowest BCUT2D eigenvalue weighted by atomic mass is 9.99. The van der Waals surface area contributed by atoms with Gasteiger partial charge in [-0.2, -0.15) is 5.26 Å². The van der Waals surface area contributed by atoms with Gasteiger partial charge >= 0.3 is 0 Å². The third kappa shape index (κ3) is 3.52. The molecule has 0 radical (unpaired) electrons. The fraction of sp³-hybridized carbons (Fsp3) is 0.462. The topological polar surface area (TPSA) is 70.2 Å². The van der Waals surface area contributed by atoms with Crippen molar-refractivity contribution in [2.24, 2.45) is 5.92 Å². The molecule has 1 saturated heterocycles. The molecule has 5 nitrogen and oxygen atoms in total. The molecule has 0 saturated carbocycles. The molecule has 2 rings (SSSR count). The largest absolute Gasteiger partial charge is 0.298 e. The molecule has 1 atom stereocenters. The maximum Gasteiger partial charge on any atom is 0.270 e. The average molecular weight is 324 g/mol. The molecule has 1 aromatic rings. The van der Waals surface area contributed by atoms with E-state index in [1.165, 1.54) is 12.1 Å². The van der Waals surface area contributed by atoms with Gasteiger partial charge in [-0.1, -0.05) is 15.9 Å². The molecule has 0 bridgehead atoms. The number of hydrogen-bond acceptors (Lipinski definition) is 4. The van der Waals surface area contributed by atoms with Crippen molar-refractivity contribution in [3.8, 4) is 6.07 Å². The minimum absolute atomic E-state index is 0.0872. The van der Waals surface area contributed by atoms with E-state index < -0.39 is 4.92 Å². The number of nitrogens with zero attached hydrogens (tertiary/aromatic N) is 3. The van der Waals surface area contributed by atoms with Crippen LogP contribution in [0.2, 0.25) is 0 Å². The third-order valence-electron chi connectivity index (χ3n) is 3.33. The number of non-ortho nitro benzene ring substituents is 1. The van der Waals surface area contributed by atoms with Crippen molar-refractivity contribution in [1.29, 1.82) is 5.26 Å². The Balaban J connectivity index is 2.07.